The van der Waals surface area contributed by atoms with E-state index in [2.05, 4.69) is 15.5 Å². The van der Waals surface area contributed by atoms with Gasteiger partial charge in [0.2, 0.25) is 5.91 Å². The van der Waals surface area contributed by atoms with Crippen LogP contribution in [0.2, 0.25) is 0 Å². The lowest BCUT2D eigenvalue weighted by Gasteiger charge is -2.08. The SMILES string of the molecule is COc1ccccc1NC(=O)Cc1noc(COC(=O)c2cccs2)n1. The maximum absolute atomic E-state index is 12.1. The normalized spacial score (nSPS) is 10.3. The summed E-state index contributed by atoms with van der Waals surface area (Å²) in [7, 11) is 1.52. The minimum Gasteiger partial charge on any atom is -0.495 e. The van der Waals surface area contributed by atoms with Crippen molar-refractivity contribution in [1.82, 2.24) is 10.1 Å². The van der Waals surface area contributed by atoms with Gasteiger partial charge in [-0.05, 0) is 23.6 Å². The van der Waals surface area contributed by atoms with Gasteiger partial charge in [0.15, 0.2) is 12.4 Å². The highest BCUT2D eigenvalue weighted by Crippen LogP contribution is 2.23. The second-order valence-electron chi connectivity index (χ2n) is 5.08. The monoisotopic (exact) mass is 373 g/mol. The minimum atomic E-state index is -0.464. The Morgan fingerprint density at radius 2 is 2.08 bits per heavy atom. The highest BCUT2D eigenvalue weighted by atomic mass is 32.1. The molecule has 0 unspecified atom stereocenters. The molecule has 1 N–H and O–H groups in total. The van der Waals surface area contributed by atoms with Crippen LogP contribution in [0.4, 0.5) is 5.69 Å². The van der Waals surface area contributed by atoms with Crippen molar-refractivity contribution in [2.75, 3.05) is 12.4 Å². The van der Waals surface area contributed by atoms with Crippen molar-refractivity contribution in [1.29, 1.82) is 0 Å². The first-order valence-electron chi connectivity index (χ1n) is 7.60. The van der Waals surface area contributed by atoms with Gasteiger partial charge in [-0.1, -0.05) is 23.4 Å². The number of anilines is 1. The summed E-state index contributed by atoms with van der Waals surface area (Å²) in [6, 6.07) is 10.5. The topological polar surface area (TPSA) is 104 Å². The van der Waals surface area contributed by atoms with Crippen molar-refractivity contribution in [3.63, 3.8) is 0 Å². The fourth-order valence-electron chi connectivity index (χ4n) is 2.10. The number of hydrogen-bond donors (Lipinski definition) is 1. The molecule has 0 saturated carbocycles. The number of methoxy groups -OCH3 is 1. The lowest BCUT2D eigenvalue weighted by molar-refractivity contribution is -0.115. The van der Waals surface area contributed by atoms with Crippen molar-refractivity contribution in [2.45, 2.75) is 13.0 Å². The van der Waals surface area contributed by atoms with Gasteiger partial charge in [-0.25, -0.2) is 4.79 Å². The van der Waals surface area contributed by atoms with Gasteiger partial charge in [0.25, 0.3) is 5.89 Å². The molecule has 1 aromatic carbocycles. The average Bonchev–Trinajstić information content (AvgIpc) is 3.32. The number of benzene rings is 1. The summed E-state index contributed by atoms with van der Waals surface area (Å²) in [6.45, 7) is -0.155. The molecule has 0 atom stereocenters. The minimum absolute atomic E-state index is 0.0829. The van der Waals surface area contributed by atoms with E-state index >= 15 is 0 Å². The number of nitrogens with zero attached hydrogens (tertiary/aromatic N) is 2. The van der Waals surface area contributed by atoms with Crippen LogP contribution in [0.1, 0.15) is 21.4 Å². The number of para-hydroxylation sites is 2. The average molecular weight is 373 g/mol. The first kappa shape index (κ1) is 17.6. The Bertz CT molecular complexity index is 891. The van der Waals surface area contributed by atoms with Crippen molar-refractivity contribution in [3.8, 4) is 5.75 Å². The maximum Gasteiger partial charge on any atom is 0.348 e. The third-order valence-corrected chi connectivity index (χ3v) is 4.11. The fourth-order valence-corrected chi connectivity index (χ4v) is 2.72. The van der Waals surface area contributed by atoms with Crippen LogP contribution in [0.25, 0.3) is 0 Å². The van der Waals surface area contributed by atoms with Crippen molar-refractivity contribution >= 4 is 28.9 Å². The first-order valence-corrected chi connectivity index (χ1v) is 8.48. The van der Waals surface area contributed by atoms with Gasteiger partial charge in [0, 0.05) is 0 Å². The number of aromatic nitrogens is 2. The Hall–Kier alpha value is -3.20. The predicted molar refractivity (Wildman–Crippen MR) is 93.1 cm³/mol. The van der Waals surface area contributed by atoms with Crippen LogP contribution in [0.15, 0.2) is 46.3 Å². The van der Waals surface area contributed by atoms with Crippen LogP contribution < -0.4 is 10.1 Å². The lowest BCUT2D eigenvalue weighted by atomic mass is 10.2. The Morgan fingerprint density at radius 3 is 2.85 bits per heavy atom. The van der Waals surface area contributed by atoms with Crippen molar-refractivity contribution in [3.05, 3.63) is 58.4 Å². The van der Waals surface area contributed by atoms with E-state index in [0.29, 0.717) is 16.3 Å². The van der Waals surface area contributed by atoms with Crippen LogP contribution >= 0.6 is 11.3 Å². The number of carbonyl (C=O) groups excluding carboxylic acids is 2. The molecular weight excluding hydrogens is 358 g/mol. The van der Waals surface area contributed by atoms with Crippen molar-refractivity contribution < 1.29 is 23.6 Å². The van der Waals surface area contributed by atoms with Gasteiger partial charge < -0.3 is 19.3 Å². The molecule has 8 nitrogen and oxygen atoms in total. The number of esters is 1. The molecule has 0 saturated heterocycles. The molecule has 134 valence electrons. The molecule has 2 aromatic heterocycles. The Kier molecular flexibility index (Phi) is 5.59. The Morgan fingerprint density at radius 1 is 1.23 bits per heavy atom. The third-order valence-electron chi connectivity index (χ3n) is 3.26. The number of rotatable bonds is 7. The molecule has 2 heterocycles. The maximum atomic E-state index is 12.1. The molecular formula is C17H15N3O5S. The molecule has 26 heavy (non-hydrogen) atoms. The standard InChI is InChI=1S/C17H15N3O5S/c1-23-12-6-3-2-5-11(12)18-15(21)9-14-19-16(25-20-14)10-24-17(22)13-7-4-8-26-13/h2-8H,9-10H2,1H3,(H,18,21). The van der Waals surface area contributed by atoms with Crippen LogP contribution in [0.5, 0.6) is 5.75 Å². The zero-order valence-electron chi connectivity index (χ0n) is 13.8. The van der Waals surface area contributed by atoms with Gasteiger partial charge in [-0.2, -0.15) is 4.98 Å². The molecule has 0 bridgehead atoms. The van der Waals surface area contributed by atoms with E-state index in [1.54, 1.807) is 41.8 Å². The number of amides is 1. The number of hydrogen-bond acceptors (Lipinski definition) is 8. The summed E-state index contributed by atoms with van der Waals surface area (Å²) in [6.07, 6.45) is -0.0829. The van der Waals surface area contributed by atoms with E-state index in [4.69, 9.17) is 14.0 Å². The summed E-state index contributed by atoms with van der Waals surface area (Å²) >= 11 is 1.28. The van der Waals surface area contributed by atoms with Crippen LogP contribution in [0, 0.1) is 0 Å². The molecule has 0 spiro atoms. The number of nitrogens with one attached hydrogen (secondary N) is 1. The molecule has 0 aliphatic heterocycles. The summed E-state index contributed by atoms with van der Waals surface area (Å²) in [4.78, 5) is 28.4. The van der Waals surface area contributed by atoms with E-state index in [1.807, 2.05) is 0 Å². The summed E-state index contributed by atoms with van der Waals surface area (Å²) < 4.78 is 15.2. The van der Waals surface area contributed by atoms with Gasteiger partial charge in [-0.15, -0.1) is 11.3 Å². The Balaban J connectivity index is 1.53. The van der Waals surface area contributed by atoms with Gasteiger partial charge >= 0.3 is 5.97 Å². The number of thiophene rings is 1. The second kappa shape index (κ2) is 8.26. The summed E-state index contributed by atoms with van der Waals surface area (Å²) in [5.41, 5.74) is 0.550. The van der Waals surface area contributed by atoms with Crippen LogP contribution in [0.3, 0.4) is 0 Å². The van der Waals surface area contributed by atoms with E-state index < -0.39 is 5.97 Å². The second-order valence-corrected chi connectivity index (χ2v) is 6.03. The molecule has 9 heteroatoms. The van der Waals surface area contributed by atoms with E-state index in [0.717, 1.165) is 0 Å². The Labute approximate surface area is 152 Å². The lowest BCUT2D eigenvalue weighted by Crippen LogP contribution is -2.15. The van der Waals surface area contributed by atoms with Crippen LogP contribution in [-0.2, 0) is 22.6 Å². The van der Waals surface area contributed by atoms with E-state index in [9.17, 15) is 9.59 Å². The third kappa shape index (κ3) is 4.45. The van der Waals surface area contributed by atoms with Crippen molar-refractivity contribution in [2.24, 2.45) is 0 Å². The quantitative estimate of drug-likeness (QED) is 0.635. The molecule has 0 aliphatic rings. The van der Waals surface area contributed by atoms with Gasteiger partial charge in [0.1, 0.15) is 10.6 Å². The van der Waals surface area contributed by atoms with Crippen LogP contribution in [-0.4, -0.2) is 29.1 Å². The summed E-state index contributed by atoms with van der Waals surface area (Å²) in [5.74, 6) is 0.0794. The smallest absolute Gasteiger partial charge is 0.348 e. The van der Waals surface area contributed by atoms with Gasteiger partial charge in [-0.3, -0.25) is 4.79 Å². The molecule has 0 fully saturated rings. The number of ether oxygens (including phenoxy) is 2. The highest BCUT2D eigenvalue weighted by molar-refractivity contribution is 7.11. The highest BCUT2D eigenvalue weighted by Gasteiger charge is 2.15. The largest absolute Gasteiger partial charge is 0.495 e. The fraction of sp³-hybridized carbons (Fsp3) is 0.176. The molecule has 0 aliphatic carbocycles. The van der Waals surface area contributed by atoms with E-state index in [1.165, 1.54) is 18.4 Å². The molecule has 1 amide bonds. The summed E-state index contributed by atoms with van der Waals surface area (Å²) in [5, 5.41) is 8.21. The molecule has 0 radical (unpaired) electrons. The first-order chi connectivity index (χ1) is 12.7. The number of carbonyl (C=O) groups is 2. The van der Waals surface area contributed by atoms with E-state index in [-0.39, 0.29) is 30.7 Å². The predicted octanol–water partition coefficient (Wildman–Crippen LogP) is 2.68. The molecule has 3 aromatic rings. The van der Waals surface area contributed by atoms with Gasteiger partial charge in [0.05, 0.1) is 19.2 Å². The molecule has 3 rings (SSSR count). The zero-order chi connectivity index (χ0) is 18.4. The zero-order valence-corrected chi connectivity index (χ0v) is 14.6.